The molecule has 26 heavy (non-hydrogen) atoms. The van der Waals surface area contributed by atoms with E-state index in [-0.39, 0.29) is 24.0 Å². The van der Waals surface area contributed by atoms with E-state index in [0.717, 1.165) is 23.9 Å². The molecule has 3 rings (SSSR count). The lowest BCUT2D eigenvalue weighted by atomic mass is 10.2. The Bertz CT molecular complexity index is 839. The molecule has 0 unspecified atom stereocenters. The van der Waals surface area contributed by atoms with Crippen molar-refractivity contribution in [3.63, 3.8) is 0 Å². The van der Waals surface area contributed by atoms with E-state index < -0.39 is 0 Å². The van der Waals surface area contributed by atoms with Crippen LogP contribution in [-0.2, 0) is 20.1 Å². The molecule has 8 heteroatoms. The van der Waals surface area contributed by atoms with Gasteiger partial charge in [0.2, 0.25) is 0 Å². The van der Waals surface area contributed by atoms with Gasteiger partial charge in [0.15, 0.2) is 5.96 Å². The van der Waals surface area contributed by atoms with Gasteiger partial charge in [0.1, 0.15) is 12.1 Å². The molecule has 0 spiro atoms. The number of hydrogen-bond donors (Lipinski definition) is 1. The molecular weight excluding hydrogens is 441 g/mol. The van der Waals surface area contributed by atoms with Gasteiger partial charge in [0, 0.05) is 63.7 Å². The Hall–Kier alpha value is -2.36. The van der Waals surface area contributed by atoms with Crippen molar-refractivity contribution in [2.45, 2.75) is 13.1 Å². The van der Waals surface area contributed by atoms with Gasteiger partial charge in [0.05, 0.1) is 6.54 Å². The molecule has 0 amide bonds. The minimum absolute atomic E-state index is 0. The normalized spacial score (nSPS) is 11.1. The van der Waals surface area contributed by atoms with Crippen molar-refractivity contribution >= 4 is 29.9 Å². The highest BCUT2D eigenvalue weighted by atomic mass is 127. The molecule has 0 atom stereocenters. The SMILES string of the molecule is CN=C(NCc1cccnc1-n1ccnc1)N(C)Cc1cccn1C.I. The van der Waals surface area contributed by atoms with Gasteiger partial charge in [-0.2, -0.15) is 0 Å². The quantitative estimate of drug-likeness (QED) is 0.357. The van der Waals surface area contributed by atoms with Gasteiger partial charge in [-0.05, 0) is 18.2 Å². The predicted molar refractivity (Wildman–Crippen MR) is 114 cm³/mol. The predicted octanol–water partition coefficient (Wildman–Crippen LogP) is 2.43. The van der Waals surface area contributed by atoms with Crippen molar-refractivity contribution in [3.8, 4) is 5.82 Å². The zero-order chi connectivity index (χ0) is 17.6. The lowest BCUT2D eigenvalue weighted by Gasteiger charge is -2.22. The van der Waals surface area contributed by atoms with Gasteiger partial charge < -0.3 is 14.8 Å². The highest BCUT2D eigenvalue weighted by Crippen LogP contribution is 2.11. The number of nitrogens with zero attached hydrogens (tertiary/aromatic N) is 6. The van der Waals surface area contributed by atoms with Gasteiger partial charge in [-0.15, -0.1) is 24.0 Å². The third kappa shape index (κ3) is 4.63. The van der Waals surface area contributed by atoms with Crippen molar-refractivity contribution in [2.24, 2.45) is 12.0 Å². The van der Waals surface area contributed by atoms with Crippen LogP contribution in [0.3, 0.4) is 0 Å². The first-order valence-corrected chi connectivity index (χ1v) is 8.13. The van der Waals surface area contributed by atoms with Gasteiger partial charge >= 0.3 is 0 Å². The average Bonchev–Trinajstić information content (AvgIpc) is 3.28. The summed E-state index contributed by atoms with van der Waals surface area (Å²) in [7, 11) is 5.87. The van der Waals surface area contributed by atoms with Crippen LogP contribution in [0.15, 0.2) is 60.4 Å². The summed E-state index contributed by atoms with van der Waals surface area (Å²) in [5.41, 5.74) is 2.31. The summed E-state index contributed by atoms with van der Waals surface area (Å²) in [5, 5.41) is 3.41. The summed E-state index contributed by atoms with van der Waals surface area (Å²) >= 11 is 0. The van der Waals surface area contributed by atoms with Gasteiger partial charge in [-0.25, -0.2) is 9.97 Å². The van der Waals surface area contributed by atoms with E-state index in [4.69, 9.17) is 0 Å². The smallest absolute Gasteiger partial charge is 0.194 e. The van der Waals surface area contributed by atoms with Crippen LogP contribution in [0.25, 0.3) is 5.82 Å². The van der Waals surface area contributed by atoms with Gasteiger partial charge in [-0.1, -0.05) is 6.07 Å². The van der Waals surface area contributed by atoms with Crippen molar-refractivity contribution in [1.82, 2.24) is 29.3 Å². The number of aromatic nitrogens is 4. The Kier molecular flexibility index (Phi) is 7.19. The van der Waals surface area contributed by atoms with Gasteiger partial charge in [0.25, 0.3) is 0 Å². The van der Waals surface area contributed by atoms with E-state index in [1.165, 1.54) is 5.69 Å². The Balaban J connectivity index is 0.00000243. The van der Waals surface area contributed by atoms with Crippen LogP contribution < -0.4 is 5.32 Å². The van der Waals surface area contributed by atoms with E-state index in [1.54, 1.807) is 25.8 Å². The first-order valence-electron chi connectivity index (χ1n) is 8.13. The number of rotatable bonds is 5. The van der Waals surface area contributed by atoms with E-state index in [9.17, 15) is 0 Å². The number of guanidine groups is 1. The maximum atomic E-state index is 4.47. The highest BCUT2D eigenvalue weighted by Gasteiger charge is 2.10. The Morgan fingerprint density at radius 2 is 2.08 bits per heavy atom. The maximum Gasteiger partial charge on any atom is 0.194 e. The number of hydrogen-bond acceptors (Lipinski definition) is 3. The molecule has 0 radical (unpaired) electrons. The van der Waals surface area contributed by atoms with E-state index >= 15 is 0 Å². The zero-order valence-electron chi connectivity index (χ0n) is 15.2. The number of pyridine rings is 1. The Morgan fingerprint density at radius 1 is 1.23 bits per heavy atom. The van der Waals surface area contributed by atoms with Crippen molar-refractivity contribution in [3.05, 3.63) is 66.6 Å². The molecular formula is C18H24IN7. The zero-order valence-corrected chi connectivity index (χ0v) is 17.5. The van der Waals surface area contributed by atoms with Gasteiger partial charge in [-0.3, -0.25) is 9.56 Å². The van der Waals surface area contributed by atoms with Crippen LogP contribution in [0, 0.1) is 0 Å². The fraction of sp³-hybridized carbons (Fsp3) is 0.278. The molecule has 0 aliphatic carbocycles. The average molecular weight is 465 g/mol. The second-order valence-electron chi connectivity index (χ2n) is 5.82. The Morgan fingerprint density at radius 3 is 2.73 bits per heavy atom. The van der Waals surface area contributed by atoms with Crippen molar-refractivity contribution in [1.29, 1.82) is 0 Å². The molecule has 138 valence electrons. The topological polar surface area (TPSA) is 63.3 Å². The molecule has 0 saturated heterocycles. The summed E-state index contributed by atoms with van der Waals surface area (Å²) in [6, 6.07) is 8.15. The summed E-state index contributed by atoms with van der Waals surface area (Å²) in [6.07, 6.45) is 9.23. The molecule has 0 aliphatic heterocycles. The molecule has 0 fully saturated rings. The minimum Gasteiger partial charge on any atom is -0.353 e. The van der Waals surface area contributed by atoms with Crippen LogP contribution >= 0.6 is 24.0 Å². The molecule has 3 aromatic heterocycles. The molecule has 0 bridgehead atoms. The molecule has 1 N–H and O–H groups in total. The largest absolute Gasteiger partial charge is 0.353 e. The number of imidazole rings is 1. The highest BCUT2D eigenvalue weighted by molar-refractivity contribution is 14.0. The van der Waals surface area contributed by atoms with Crippen LogP contribution in [-0.4, -0.2) is 44.1 Å². The lowest BCUT2D eigenvalue weighted by Crippen LogP contribution is -2.38. The standard InChI is InChI=1S/C18H23N7.HI/c1-19-18(24(3)13-16-7-5-10-23(16)2)22-12-15-6-4-8-21-17(15)25-11-9-20-14-25;/h4-11,14H,12-13H2,1-3H3,(H,19,22);1H. The van der Waals surface area contributed by atoms with E-state index in [0.29, 0.717) is 6.54 Å². The molecule has 0 aliphatic rings. The van der Waals surface area contributed by atoms with E-state index in [1.807, 2.05) is 43.2 Å². The summed E-state index contributed by atoms with van der Waals surface area (Å²) in [6.45, 7) is 1.41. The number of halogens is 1. The molecule has 7 nitrogen and oxygen atoms in total. The monoisotopic (exact) mass is 465 g/mol. The fourth-order valence-corrected chi connectivity index (χ4v) is 2.72. The summed E-state index contributed by atoms with van der Waals surface area (Å²) in [4.78, 5) is 15.1. The second-order valence-corrected chi connectivity index (χ2v) is 5.82. The number of aliphatic imine (C=N–C) groups is 1. The maximum absolute atomic E-state index is 4.47. The minimum atomic E-state index is 0. The third-order valence-corrected chi connectivity index (χ3v) is 4.08. The first kappa shape index (κ1) is 20.0. The lowest BCUT2D eigenvalue weighted by molar-refractivity contribution is 0.461. The molecule has 3 heterocycles. The fourth-order valence-electron chi connectivity index (χ4n) is 2.72. The number of nitrogens with one attached hydrogen (secondary N) is 1. The molecule has 0 saturated carbocycles. The number of aryl methyl sites for hydroxylation is 1. The van der Waals surface area contributed by atoms with Crippen molar-refractivity contribution in [2.75, 3.05) is 14.1 Å². The van der Waals surface area contributed by atoms with Crippen LogP contribution in [0.2, 0.25) is 0 Å². The second kappa shape index (κ2) is 9.37. The summed E-state index contributed by atoms with van der Waals surface area (Å²) < 4.78 is 4.02. The molecule has 0 aromatic carbocycles. The molecule has 3 aromatic rings. The first-order chi connectivity index (χ1) is 12.2. The van der Waals surface area contributed by atoms with Crippen LogP contribution in [0.4, 0.5) is 0 Å². The third-order valence-electron chi connectivity index (χ3n) is 4.08. The van der Waals surface area contributed by atoms with Crippen LogP contribution in [0.5, 0.6) is 0 Å². The summed E-state index contributed by atoms with van der Waals surface area (Å²) in [5.74, 6) is 1.70. The van der Waals surface area contributed by atoms with Crippen molar-refractivity contribution < 1.29 is 0 Å². The Labute approximate surface area is 170 Å². The van der Waals surface area contributed by atoms with E-state index in [2.05, 4.69) is 41.9 Å². The van der Waals surface area contributed by atoms with Crippen LogP contribution in [0.1, 0.15) is 11.3 Å².